The summed E-state index contributed by atoms with van der Waals surface area (Å²) in [6.45, 7) is 2.63. The SMILES string of the molecule is O=P(O)(O)C=C1CCN(Cc2ccccc2)CC1. The quantitative estimate of drug-likeness (QED) is 0.825. The lowest BCUT2D eigenvalue weighted by molar-refractivity contribution is 0.248. The van der Waals surface area contributed by atoms with Crippen molar-refractivity contribution in [2.75, 3.05) is 13.1 Å². The Hall–Kier alpha value is -0.930. The van der Waals surface area contributed by atoms with Crippen LogP contribution in [0.1, 0.15) is 18.4 Å². The molecule has 2 rings (SSSR count). The maximum atomic E-state index is 10.9. The first-order valence-corrected chi connectivity index (χ1v) is 7.73. The molecule has 2 N–H and O–H groups in total. The molecule has 0 aromatic heterocycles. The zero-order valence-electron chi connectivity index (χ0n) is 10.2. The maximum absolute atomic E-state index is 10.9. The van der Waals surface area contributed by atoms with Crippen molar-refractivity contribution in [2.24, 2.45) is 0 Å². The van der Waals surface area contributed by atoms with Gasteiger partial charge in [-0.1, -0.05) is 35.9 Å². The van der Waals surface area contributed by atoms with Crippen LogP contribution in [0.2, 0.25) is 0 Å². The Balaban J connectivity index is 1.88. The first-order valence-electron chi connectivity index (χ1n) is 6.05. The molecule has 0 atom stereocenters. The number of benzene rings is 1. The van der Waals surface area contributed by atoms with Crippen LogP contribution in [0, 0.1) is 0 Å². The second-order valence-corrected chi connectivity index (χ2v) is 6.07. The van der Waals surface area contributed by atoms with Crippen LogP contribution in [0.3, 0.4) is 0 Å². The van der Waals surface area contributed by atoms with E-state index in [0.29, 0.717) is 0 Å². The third-order valence-corrected chi connectivity index (χ3v) is 3.80. The van der Waals surface area contributed by atoms with Crippen molar-refractivity contribution in [2.45, 2.75) is 19.4 Å². The topological polar surface area (TPSA) is 60.8 Å². The molecule has 0 amide bonds. The fraction of sp³-hybridized carbons (Fsp3) is 0.385. The molecule has 0 spiro atoms. The molecule has 0 aliphatic carbocycles. The monoisotopic (exact) mass is 267 g/mol. The number of piperidine rings is 1. The Morgan fingerprint density at radius 3 is 2.33 bits per heavy atom. The van der Waals surface area contributed by atoms with Crippen LogP contribution in [0.25, 0.3) is 0 Å². The van der Waals surface area contributed by atoms with E-state index in [-0.39, 0.29) is 0 Å². The standard InChI is InChI=1S/C13H18NO3P/c15-18(16,17)11-13-6-8-14(9-7-13)10-12-4-2-1-3-5-12/h1-5,11H,6-10H2,(H2,15,16,17). The Bertz CT molecular complexity index is 456. The summed E-state index contributed by atoms with van der Waals surface area (Å²) in [4.78, 5) is 20.1. The molecule has 4 nitrogen and oxygen atoms in total. The van der Waals surface area contributed by atoms with Gasteiger partial charge in [-0.3, -0.25) is 9.46 Å². The van der Waals surface area contributed by atoms with Crippen LogP contribution in [0.5, 0.6) is 0 Å². The first kappa shape index (κ1) is 13.5. The molecule has 1 aliphatic heterocycles. The van der Waals surface area contributed by atoms with Gasteiger partial charge < -0.3 is 9.79 Å². The van der Waals surface area contributed by atoms with E-state index in [1.807, 2.05) is 18.2 Å². The van der Waals surface area contributed by atoms with Gasteiger partial charge >= 0.3 is 7.60 Å². The van der Waals surface area contributed by atoms with E-state index in [9.17, 15) is 4.57 Å². The molecule has 1 fully saturated rings. The Labute approximate surface area is 107 Å². The predicted molar refractivity (Wildman–Crippen MR) is 71.1 cm³/mol. The minimum atomic E-state index is -4.00. The summed E-state index contributed by atoms with van der Waals surface area (Å²) in [6, 6.07) is 10.2. The van der Waals surface area contributed by atoms with Gasteiger partial charge in [-0.2, -0.15) is 0 Å². The van der Waals surface area contributed by atoms with Crippen LogP contribution in [-0.4, -0.2) is 27.8 Å². The second kappa shape index (κ2) is 5.81. The van der Waals surface area contributed by atoms with Gasteiger partial charge in [-0.05, 0) is 18.4 Å². The lowest BCUT2D eigenvalue weighted by atomic mass is 10.1. The smallest absolute Gasteiger partial charge is 0.321 e. The van der Waals surface area contributed by atoms with E-state index in [4.69, 9.17) is 9.79 Å². The van der Waals surface area contributed by atoms with Gasteiger partial charge in [0.05, 0.1) is 0 Å². The minimum Gasteiger partial charge on any atom is -0.321 e. The largest absolute Gasteiger partial charge is 0.349 e. The number of hydrogen-bond donors (Lipinski definition) is 2. The molecule has 0 unspecified atom stereocenters. The number of likely N-dealkylation sites (tertiary alicyclic amines) is 1. The molecule has 0 saturated carbocycles. The van der Waals surface area contributed by atoms with E-state index in [0.717, 1.165) is 43.9 Å². The highest BCUT2D eigenvalue weighted by Gasteiger charge is 2.17. The molecule has 1 aliphatic rings. The molecule has 1 aromatic carbocycles. The van der Waals surface area contributed by atoms with Gasteiger partial charge in [0, 0.05) is 25.5 Å². The van der Waals surface area contributed by atoms with Crippen molar-refractivity contribution in [3.8, 4) is 0 Å². The molecule has 1 aromatic rings. The summed E-state index contributed by atoms with van der Waals surface area (Å²) in [5.41, 5.74) is 2.16. The van der Waals surface area contributed by atoms with Gasteiger partial charge in [0.25, 0.3) is 0 Å². The molecule has 1 saturated heterocycles. The summed E-state index contributed by atoms with van der Waals surface area (Å²) < 4.78 is 10.9. The molecule has 98 valence electrons. The van der Waals surface area contributed by atoms with Crippen LogP contribution in [0.15, 0.2) is 41.7 Å². The molecule has 1 heterocycles. The van der Waals surface area contributed by atoms with Gasteiger partial charge in [-0.15, -0.1) is 0 Å². The fourth-order valence-corrected chi connectivity index (χ4v) is 2.94. The highest BCUT2D eigenvalue weighted by atomic mass is 31.2. The Kier molecular flexibility index (Phi) is 4.36. The zero-order chi connectivity index (χ0) is 13.0. The normalized spacial score (nSPS) is 17.8. The maximum Gasteiger partial charge on any atom is 0.349 e. The second-order valence-electron chi connectivity index (χ2n) is 4.64. The summed E-state index contributed by atoms with van der Waals surface area (Å²) >= 11 is 0. The number of nitrogens with zero attached hydrogens (tertiary/aromatic N) is 1. The van der Waals surface area contributed by atoms with Gasteiger partial charge in [0.2, 0.25) is 0 Å². The summed E-state index contributed by atoms with van der Waals surface area (Å²) in [7, 11) is -4.00. The van der Waals surface area contributed by atoms with Gasteiger partial charge in [0.15, 0.2) is 0 Å². The molecule has 0 bridgehead atoms. The molecule has 5 heteroatoms. The lowest BCUT2D eigenvalue weighted by Gasteiger charge is -2.28. The summed E-state index contributed by atoms with van der Waals surface area (Å²) in [5.74, 6) is 1.13. The van der Waals surface area contributed by atoms with E-state index in [2.05, 4.69) is 17.0 Å². The number of rotatable bonds is 3. The molecule has 0 radical (unpaired) electrons. The van der Waals surface area contributed by atoms with Crippen LogP contribution in [0.4, 0.5) is 0 Å². The Morgan fingerprint density at radius 2 is 1.78 bits per heavy atom. The van der Waals surface area contributed by atoms with Crippen molar-refractivity contribution < 1.29 is 14.4 Å². The lowest BCUT2D eigenvalue weighted by Crippen LogP contribution is -2.30. The minimum absolute atomic E-state index is 0.748. The van der Waals surface area contributed by atoms with Crippen molar-refractivity contribution in [1.29, 1.82) is 0 Å². The number of hydrogen-bond acceptors (Lipinski definition) is 2. The molecular formula is C13H18NO3P. The van der Waals surface area contributed by atoms with Crippen molar-refractivity contribution in [3.63, 3.8) is 0 Å². The Morgan fingerprint density at radius 1 is 1.17 bits per heavy atom. The van der Waals surface area contributed by atoms with E-state index in [1.165, 1.54) is 5.56 Å². The highest BCUT2D eigenvalue weighted by molar-refractivity contribution is 7.55. The van der Waals surface area contributed by atoms with Gasteiger partial charge in [-0.25, -0.2) is 0 Å². The summed E-state index contributed by atoms with van der Waals surface area (Å²) in [6.07, 6.45) is 1.50. The first-order chi connectivity index (χ1) is 8.53. The third kappa shape index (κ3) is 4.39. The highest BCUT2D eigenvalue weighted by Crippen LogP contribution is 2.39. The van der Waals surface area contributed by atoms with E-state index < -0.39 is 7.60 Å². The van der Waals surface area contributed by atoms with E-state index in [1.54, 1.807) is 0 Å². The van der Waals surface area contributed by atoms with E-state index >= 15 is 0 Å². The zero-order valence-corrected chi connectivity index (χ0v) is 11.1. The molecule has 18 heavy (non-hydrogen) atoms. The average Bonchev–Trinajstić information content (AvgIpc) is 2.31. The van der Waals surface area contributed by atoms with Crippen molar-refractivity contribution >= 4 is 7.60 Å². The van der Waals surface area contributed by atoms with Crippen molar-refractivity contribution in [3.05, 3.63) is 47.3 Å². The van der Waals surface area contributed by atoms with Crippen LogP contribution in [-0.2, 0) is 11.1 Å². The molecular weight excluding hydrogens is 249 g/mol. The summed E-state index contributed by atoms with van der Waals surface area (Å²) in [5, 5.41) is 0. The van der Waals surface area contributed by atoms with Crippen LogP contribution < -0.4 is 0 Å². The predicted octanol–water partition coefficient (Wildman–Crippen LogP) is 2.34. The van der Waals surface area contributed by atoms with Crippen LogP contribution >= 0.6 is 7.60 Å². The average molecular weight is 267 g/mol. The van der Waals surface area contributed by atoms with Gasteiger partial charge in [0.1, 0.15) is 0 Å². The van der Waals surface area contributed by atoms with Crippen molar-refractivity contribution in [1.82, 2.24) is 4.90 Å². The fourth-order valence-electron chi connectivity index (χ4n) is 2.21. The third-order valence-electron chi connectivity index (χ3n) is 3.10.